The summed E-state index contributed by atoms with van der Waals surface area (Å²) in [4.78, 5) is 4.82. The van der Waals surface area contributed by atoms with Crippen molar-refractivity contribution in [1.82, 2.24) is 0 Å². The Bertz CT molecular complexity index is 3220. The van der Waals surface area contributed by atoms with Gasteiger partial charge in [-0.15, -0.1) is 0 Å². The van der Waals surface area contributed by atoms with Crippen molar-refractivity contribution in [3.05, 3.63) is 216 Å². The van der Waals surface area contributed by atoms with Gasteiger partial charge in [0.25, 0.3) is 0 Å². The first kappa shape index (κ1) is 35.6. The Labute approximate surface area is 357 Å². The van der Waals surface area contributed by atoms with E-state index in [1.165, 1.54) is 61.0 Å². The van der Waals surface area contributed by atoms with Gasteiger partial charge >= 0.3 is 0 Å². The van der Waals surface area contributed by atoms with Crippen molar-refractivity contribution in [3.63, 3.8) is 0 Å². The molecule has 292 valence electrons. The van der Waals surface area contributed by atoms with Crippen LogP contribution in [0.3, 0.4) is 0 Å². The second-order valence-electron chi connectivity index (χ2n) is 17.8. The summed E-state index contributed by atoms with van der Waals surface area (Å²) in [7, 11) is 0. The molecule has 2 heterocycles. The second-order valence-corrected chi connectivity index (χ2v) is 17.8. The number of para-hydroxylation sites is 2. The smallest absolute Gasteiger partial charge is 0.152 e. The quantitative estimate of drug-likeness (QED) is 0.173. The van der Waals surface area contributed by atoms with Crippen molar-refractivity contribution in [3.8, 4) is 44.9 Å². The van der Waals surface area contributed by atoms with Gasteiger partial charge in [0.15, 0.2) is 11.5 Å². The molecular formula is C58H44N2O. The van der Waals surface area contributed by atoms with Crippen molar-refractivity contribution < 1.29 is 4.74 Å². The third kappa shape index (κ3) is 5.30. The first-order valence-corrected chi connectivity index (χ1v) is 21.3. The van der Waals surface area contributed by atoms with E-state index in [2.05, 4.69) is 232 Å². The predicted octanol–water partition coefficient (Wildman–Crippen LogP) is 16.2. The zero-order chi connectivity index (χ0) is 41.0. The molecule has 0 saturated carbocycles. The summed E-state index contributed by atoms with van der Waals surface area (Å²) in [5.41, 5.74) is 19.2. The molecule has 0 aromatic heterocycles. The summed E-state index contributed by atoms with van der Waals surface area (Å²) in [6.45, 7) is 9.38. The zero-order valence-electron chi connectivity index (χ0n) is 34.8. The van der Waals surface area contributed by atoms with Crippen LogP contribution < -0.4 is 14.5 Å². The van der Waals surface area contributed by atoms with Crippen molar-refractivity contribution >= 4 is 44.9 Å². The highest BCUT2D eigenvalue weighted by Crippen LogP contribution is 2.62. The fraction of sp³-hybridized carbons (Fsp3) is 0.103. The van der Waals surface area contributed by atoms with Crippen LogP contribution >= 0.6 is 0 Å². The highest BCUT2D eigenvalue weighted by molar-refractivity contribution is 6.06. The first-order valence-electron chi connectivity index (χ1n) is 21.3. The van der Waals surface area contributed by atoms with Crippen LogP contribution in [0.4, 0.5) is 34.1 Å². The highest BCUT2D eigenvalue weighted by Gasteiger charge is 2.42. The molecule has 1 aliphatic carbocycles. The van der Waals surface area contributed by atoms with Gasteiger partial charge in [-0.3, -0.25) is 0 Å². The number of rotatable bonds is 5. The number of hydrogen-bond acceptors (Lipinski definition) is 3. The number of hydrogen-bond donors (Lipinski definition) is 0. The minimum Gasteiger partial charge on any atom is -0.453 e. The van der Waals surface area contributed by atoms with E-state index >= 15 is 0 Å². The summed E-state index contributed by atoms with van der Waals surface area (Å²) in [6, 6.07) is 70.9. The van der Waals surface area contributed by atoms with E-state index in [0.29, 0.717) is 0 Å². The van der Waals surface area contributed by atoms with Crippen LogP contribution in [0.15, 0.2) is 194 Å². The van der Waals surface area contributed by atoms with E-state index in [0.717, 1.165) is 51.1 Å². The number of nitrogens with zero attached hydrogens (tertiary/aromatic N) is 2. The largest absolute Gasteiger partial charge is 0.453 e. The standard InChI is InChI=1S/C58H44N2O/c1-57(2)48-19-11-10-18-46(48)47-32-31-44(36-50(47)57)59(42-15-6-5-7-16-42)43-29-26-38(27-30-43)37-22-24-39(25-23-37)41-34-51-56-54(35-41)61-53-33-28-40-14-8-9-17-45(40)55(53)60(56)52-21-13-12-20-49(52)58(51,3)4/h5-36H,1-4H3. The third-order valence-electron chi connectivity index (χ3n) is 13.6. The summed E-state index contributed by atoms with van der Waals surface area (Å²) >= 11 is 0. The lowest BCUT2D eigenvalue weighted by atomic mass is 9.72. The molecule has 0 atom stereocenters. The minimum atomic E-state index is -0.241. The fourth-order valence-corrected chi connectivity index (χ4v) is 10.4. The van der Waals surface area contributed by atoms with Gasteiger partial charge in [0, 0.05) is 33.3 Å². The van der Waals surface area contributed by atoms with Crippen molar-refractivity contribution in [2.75, 3.05) is 9.80 Å². The number of ether oxygens (including phenoxy) is 1. The number of anilines is 6. The van der Waals surface area contributed by atoms with Crippen LogP contribution in [0.5, 0.6) is 11.5 Å². The maximum atomic E-state index is 6.89. The monoisotopic (exact) mass is 784 g/mol. The number of benzene rings is 9. The van der Waals surface area contributed by atoms with Crippen LogP contribution in [0.1, 0.15) is 49.9 Å². The summed E-state index contributed by atoms with van der Waals surface area (Å²) in [6.07, 6.45) is 0. The Balaban J connectivity index is 0.897. The average Bonchev–Trinajstić information content (AvgIpc) is 3.53. The molecular weight excluding hydrogens is 741 g/mol. The Morgan fingerprint density at radius 3 is 1.77 bits per heavy atom. The van der Waals surface area contributed by atoms with E-state index in [-0.39, 0.29) is 10.8 Å². The first-order chi connectivity index (χ1) is 29.8. The molecule has 2 aliphatic heterocycles. The molecule has 12 rings (SSSR count). The van der Waals surface area contributed by atoms with Crippen molar-refractivity contribution in [2.24, 2.45) is 0 Å². The SMILES string of the molecule is CC1(C)c2ccccc2-c2ccc(N(c3ccccc3)c3ccc(-c4ccc(-c5cc6c7c(c5)C(C)(C)c5ccccc5N7c5c(ccc7ccccc57)O6)cc4)cc3)cc21. The van der Waals surface area contributed by atoms with Crippen LogP contribution in [0.2, 0.25) is 0 Å². The molecule has 61 heavy (non-hydrogen) atoms. The van der Waals surface area contributed by atoms with Gasteiger partial charge in [0.1, 0.15) is 0 Å². The van der Waals surface area contributed by atoms with Crippen LogP contribution in [0, 0.1) is 0 Å². The van der Waals surface area contributed by atoms with Crippen LogP contribution in [-0.4, -0.2) is 0 Å². The maximum absolute atomic E-state index is 6.89. The molecule has 3 heteroatoms. The summed E-state index contributed by atoms with van der Waals surface area (Å²) in [5.74, 6) is 1.76. The molecule has 3 aliphatic rings. The van der Waals surface area contributed by atoms with E-state index in [1.807, 2.05) is 0 Å². The summed E-state index contributed by atoms with van der Waals surface area (Å²) in [5, 5.41) is 2.39. The second kappa shape index (κ2) is 13.1. The van der Waals surface area contributed by atoms with Gasteiger partial charge in [0.2, 0.25) is 0 Å². The van der Waals surface area contributed by atoms with E-state index in [1.54, 1.807) is 0 Å². The Hall–Kier alpha value is -7.36. The van der Waals surface area contributed by atoms with Crippen molar-refractivity contribution in [1.29, 1.82) is 0 Å². The number of fused-ring (bicyclic) bond motifs is 9. The van der Waals surface area contributed by atoms with E-state index < -0.39 is 0 Å². The van der Waals surface area contributed by atoms with Gasteiger partial charge in [-0.25, -0.2) is 0 Å². The molecule has 0 spiro atoms. The molecule has 0 saturated heterocycles. The van der Waals surface area contributed by atoms with Gasteiger partial charge in [0.05, 0.1) is 17.1 Å². The molecule has 0 N–H and O–H groups in total. The van der Waals surface area contributed by atoms with Crippen molar-refractivity contribution in [2.45, 2.75) is 38.5 Å². The topological polar surface area (TPSA) is 15.7 Å². The summed E-state index contributed by atoms with van der Waals surface area (Å²) < 4.78 is 6.89. The predicted molar refractivity (Wildman–Crippen MR) is 254 cm³/mol. The fourth-order valence-electron chi connectivity index (χ4n) is 10.4. The van der Waals surface area contributed by atoms with Gasteiger partial charge in [-0.2, -0.15) is 0 Å². The minimum absolute atomic E-state index is 0.0771. The Kier molecular flexibility index (Phi) is 7.62. The lowest BCUT2D eigenvalue weighted by molar-refractivity contribution is 0.472. The highest BCUT2D eigenvalue weighted by atomic mass is 16.5. The van der Waals surface area contributed by atoms with E-state index in [4.69, 9.17) is 4.74 Å². The van der Waals surface area contributed by atoms with Gasteiger partial charge < -0.3 is 14.5 Å². The van der Waals surface area contributed by atoms with Crippen LogP contribution in [-0.2, 0) is 10.8 Å². The van der Waals surface area contributed by atoms with Gasteiger partial charge in [-0.05, 0) is 122 Å². The lowest BCUT2D eigenvalue weighted by Crippen LogP contribution is -2.32. The molecule has 0 bridgehead atoms. The molecule has 9 aromatic carbocycles. The normalized spacial score (nSPS) is 14.6. The van der Waals surface area contributed by atoms with Crippen LogP contribution in [0.25, 0.3) is 44.2 Å². The third-order valence-corrected chi connectivity index (χ3v) is 13.6. The van der Waals surface area contributed by atoms with Gasteiger partial charge in [-0.1, -0.05) is 161 Å². The lowest BCUT2D eigenvalue weighted by Gasteiger charge is -2.45. The molecule has 0 radical (unpaired) electrons. The van der Waals surface area contributed by atoms with E-state index in [9.17, 15) is 0 Å². The molecule has 3 nitrogen and oxygen atoms in total. The Morgan fingerprint density at radius 1 is 0.393 bits per heavy atom. The maximum Gasteiger partial charge on any atom is 0.152 e. The average molecular weight is 785 g/mol. The molecule has 0 amide bonds. The molecule has 9 aromatic rings. The molecule has 0 fully saturated rings. The molecule has 0 unspecified atom stereocenters. The Morgan fingerprint density at radius 2 is 0.984 bits per heavy atom. The zero-order valence-corrected chi connectivity index (χ0v) is 34.8.